The van der Waals surface area contributed by atoms with Crippen LogP contribution < -0.4 is 5.32 Å². The van der Waals surface area contributed by atoms with Gasteiger partial charge in [-0.05, 0) is 20.3 Å². The maximum absolute atomic E-state index is 12.8. The van der Waals surface area contributed by atoms with Gasteiger partial charge in [0.1, 0.15) is 23.7 Å². The molecular weight excluding hydrogens is 362 g/mol. The third-order valence-electron chi connectivity index (χ3n) is 5.03. The highest BCUT2D eigenvalue weighted by Crippen LogP contribution is 2.33. The second-order valence-corrected chi connectivity index (χ2v) is 7.67. The van der Waals surface area contributed by atoms with Crippen LogP contribution in [-0.4, -0.2) is 56.2 Å². The van der Waals surface area contributed by atoms with E-state index in [9.17, 15) is 4.79 Å². The zero-order chi connectivity index (χ0) is 19.1. The summed E-state index contributed by atoms with van der Waals surface area (Å²) < 4.78 is 0. The molecule has 2 N–H and O–H groups in total. The number of amides is 1. The largest absolute Gasteiger partial charge is 0.345 e. The standard InChI is InChI=1S/C18H23N7OS/c1-5-13-18(26)24(4)14-7-19-16(22-17(14)25(13)10(2)3)11-6-21-23-15(11)12-8-27-9-20-12/h6-10,13,16,22H,5H2,1-4H3,(H,21,23). The lowest BCUT2D eigenvalue weighted by Gasteiger charge is -2.46. The summed E-state index contributed by atoms with van der Waals surface area (Å²) in [6.07, 6.45) is 4.02. The van der Waals surface area contributed by atoms with Gasteiger partial charge in [-0.2, -0.15) is 5.10 Å². The predicted molar refractivity (Wildman–Crippen MR) is 105 cm³/mol. The third-order valence-corrected chi connectivity index (χ3v) is 5.61. The highest BCUT2D eigenvalue weighted by atomic mass is 32.1. The Balaban J connectivity index is 1.72. The van der Waals surface area contributed by atoms with Crippen LogP contribution in [-0.2, 0) is 4.79 Å². The molecule has 0 spiro atoms. The van der Waals surface area contributed by atoms with E-state index in [0.717, 1.165) is 34.9 Å². The molecule has 0 aliphatic carbocycles. The third kappa shape index (κ3) is 2.82. The molecule has 2 aromatic heterocycles. The molecule has 2 atom stereocenters. The van der Waals surface area contributed by atoms with Crippen molar-refractivity contribution >= 4 is 23.5 Å². The van der Waals surface area contributed by atoms with Crippen molar-refractivity contribution < 1.29 is 4.79 Å². The average Bonchev–Trinajstić information content (AvgIpc) is 3.34. The van der Waals surface area contributed by atoms with Crippen molar-refractivity contribution in [2.75, 3.05) is 7.05 Å². The number of thiazole rings is 1. The first-order valence-electron chi connectivity index (χ1n) is 9.04. The van der Waals surface area contributed by atoms with Crippen molar-refractivity contribution in [1.82, 2.24) is 30.3 Å². The van der Waals surface area contributed by atoms with Crippen molar-refractivity contribution in [3.05, 3.63) is 34.2 Å². The summed E-state index contributed by atoms with van der Waals surface area (Å²) >= 11 is 1.54. The molecule has 27 heavy (non-hydrogen) atoms. The number of aliphatic imine (C=N–C) groups is 1. The molecule has 8 nitrogen and oxygen atoms in total. The van der Waals surface area contributed by atoms with E-state index < -0.39 is 0 Å². The summed E-state index contributed by atoms with van der Waals surface area (Å²) in [5.74, 6) is 1.03. The topological polar surface area (TPSA) is 89.5 Å². The summed E-state index contributed by atoms with van der Waals surface area (Å²) in [6.45, 7) is 6.25. The SMILES string of the molecule is CCC1C(=O)N(C)C2=C(NC(c3cn[nH]c3-c3cscn3)N=C2)N1C(C)C. The van der Waals surface area contributed by atoms with Gasteiger partial charge in [0, 0.05) is 24.0 Å². The van der Waals surface area contributed by atoms with Crippen LogP contribution in [0.2, 0.25) is 0 Å². The van der Waals surface area contributed by atoms with E-state index in [-0.39, 0.29) is 24.2 Å². The van der Waals surface area contributed by atoms with Crippen molar-refractivity contribution in [1.29, 1.82) is 0 Å². The summed E-state index contributed by atoms with van der Waals surface area (Å²) in [6, 6.07) is -0.00429. The lowest BCUT2D eigenvalue weighted by molar-refractivity contribution is -0.136. The molecule has 4 rings (SSSR count). The first kappa shape index (κ1) is 17.7. The van der Waals surface area contributed by atoms with Crippen molar-refractivity contribution in [3.63, 3.8) is 0 Å². The van der Waals surface area contributed by atoms with E-state index in [1.165, 1.54) is 0 Å². The van der Waals surface area contributed by atoms with Crippen molar-refractivity contribution in [2.24, 2.45) is 4.99 Å². The number of hydrogen-bond donors (Lipinski definition) is 2. The van der Waals surface area contributed by atoms with Crippen LogP contribution >= 0.6 is 11.3 Å². The van der Waals surface area contributed by atoms with Crippen molar-refractivity contribution in [3.8, 4) is 11.4 Å². The lowest BCUT2D eigenvalue weighted by Crippen LogP contribution is -2.58. The van der Waals surface area contributed by atoms with Crippen LogP contribution in [0.4, 0.5) is 0 Å². The molecule has 2 aliphatic heterocycles. The number of aromatic amines is 1. The number of allylic oxidation sites excluding steroid dienone is 1. The molecule has 142 valence electrons. The second kappa shape index (κ2) is 6.80. The zero-order valence-corrected chi connectivity index (χ0v) is 16.6. The van der Waals surface area contributed by atoms with E-state index in [1.807, 2.05) is 19.4 Å². The molecule has 4 heterocycles. The molecule has 0 fully saturated rings. The highest BCUT2D eigenvalue weighted by Gasteiger charge is 2.40. The monoisotopic (exact) mass is 385 g/mol. The maximum atomic E-state index is 12.8. The van der Waals surface area contributed by atoms with Crippen LogP contribution in [0.15, 0.2) is 33.6 Å². The minimum Gasteiger partial charge on any atom is -0.345 e. The molecule has 0 saturated heterocycles. The van der Waals surface area contributed by atoms with Crippen LogP contribution in [0.25, 0.3) is 11.4 Å². The van der Waals surface area contributed by atoms with Gasteiger partial charge in [0.15, 0.2) is 0 Å². The molecular formula is C18H23N7OS. The molecule has 0 saturated carbocycles. The Bertz CT molecular complexity index is 899. The number of rotatable bonds is 4. The van der Waals surface area contributed by atoms with Crippen LogP contribution in [0.3, 0.4) is 0 Å². The fourth-order valence-corrected chi connectivity index (χ4v) is 4.25. The number of H-pyrrole nitrogens is 1. The first-order valence-corrected chi connectivity index (χ1v) is 9.98. The smallest absolute Gasteiger partial charge is 0.249 e. The maximum Gasteiger partial charge on any atom is 0.249 e. The molecule has 0 bridgehead atoms. The van der Waals surface area contributed by atoms with Crippen LogP contribution in [0.5, 0.6) is 0 Å². The summed E-state index contributed by atoms with van der Waals surface area (Å²) in [5.41, 5.74) is 5.24. The molecule has 2 unspecified atom stereocenters. The number of aromatic nitrogens is 3. The van der Waals surface area contributed by atoms with Crippen LogP contribution in [0.1, 0.15) is 38.9 Å². The molecule has 1 amide bonds. The van der Waals surface area contributed by atoms with Gasteiger partial charge >= 0.3 is 0 Å². The van der Waals surface area contributed by atoms with Gasteiger partial charge in [-0.3, -0.25) is 14.9 Å². The summed E-state index contributed by atoms with van der Waals surface area (Å²) in [5, 5.41) is 12.8. The Morgan fingerprint density at radius 2 is 2.19 bits per heavy atom. The van der Waals surface area contributed by atoms with E-state index in [1.54, 1.807) is 34.2 Å². The summed E-state index contributed by atoms with van der Waals surface area (Å²) in [7, 11) is 1.81. The highest BCUT2D eigenvalue weighted by molar-refractivity contribution is 7.07. The number of carbonyl (C=O) groups is 1. The number of hydrogen-bond acceptors (Lipinski definition) is 7. The van der Waals surface area contributed by atoms with Gasteiger partial charge < -0.3 is 15.1 Å². The molecule has 9 heteroatoms. The van der Waals surface area contributed by atoms with E-state index in [2.05, 4.69) is 44.2 Å². The van der Waals surface area contributed by atoms with Gasteiger partial charge in [0.05, 0.1) is 29.3 Å². The fourth-order valence-electron chi connectivity index (χ4n) is 3.71. The zero-order valence-electron chi connectivity index (χ0n) is 15.8. The van der Waals surface area contributed by atoms with Gasteiger partial charge in [-0.1, -0.05) is 6.92 Å². The Morgan fingerprint density at radius 3 is 2.85 bits per heavy atom. The molecule has 0 aromatic carbocycles. The Kier molecular flexibility index (Phi) is 4.47. The number of nitrogens with one attached hydrogen (secondary N) is 2. The lowest BCUT2D eigenvalue weighted by atomic mass is 10.0. The summed E-state index contributed by atoms with van der Waals surface area (Å²) in [4.78, 5) is 25.7. The average molecular weight is 385 g/mol. The second-order valence-electron chi connectivity index (χ2n) is 6.96. The van der Waals surface area contributed by atoms with Crippen LogP contribution in [0, 0.1) is 0 Å². The molecule has 0 radical (unpaired) electrons. The first-order chi connectivity index (χ1) is 13.0. The number of carbonyl (C=O) groups excluding carboxylic acids is 1. The van der Waals surface area contributed by atoms with E-state index in [0.29, 0.717) is 0 Å². The van der Waals surface area contributed by atoms with Crippen molar-refractivity contribution in [2.45, 2.75) is 45.4 Å². The predicted octanol–water partition coefficient (Wildman–Crippen LogP) is 2.34. The van der Waals surface area contributed by atoms with E-state index >= 15 is 0 Å². The Labute approximate surface area is 162 Å². The van der Waals surface area contributed by atoms with Gasteiger partial charge in [0.25, 0.3) is 0 Å². The minimum atomic E-state index is -0.292. The van der Waals surface area contributed by atoms with Gasteiger partial charge in [-0.25, -0.2) is 4.98 Å². The molecule has 2 aliphatic rings. The minimum absolute atomic E-state index is 0.100. The van der Waals surface area contributed by atoms with Gasteiger partial charge in [0.2, 0.25) is 5.91 Å². The molecule has 2 aromatic rings. The Morgan fingerprint density at radius 1 is 1.37 bits per heavy atom. The van der Waals surface area contributed by atoms with E-state index in [4.69, 9.17) is 0 Å². The quantitative estimate of drug-likeness (QED) is 0.843. The Hall–Kier alpha value is -2.68. The fraction of sp³-hybridized carbons (Fsp3) is 0.444. The number of nitrogens with zero attached hydrogens (tertiary/aromatic N) is 5. The normalized spacial score (nSPS) is 22.5. The van der Waals surface area contributed by atoms with Gasteiger partial charge in [-0.15, -0.1) is 11.3 Å². The number of likely N-dealkylation sites (N-methyl/N-ethyl adjacent to an activating group) is 1.